The Bertz CT molecular complexity index is 1330. The van der Waals surface area contributed by atoms with E-state index in [-0.39, 0.29) is 16.4 Å². The van der Waals surface area contributed by atoms with Crippen LogP contribution < -0.4 is 27.4 Å². The normalized spacial score (nSPS) is 13.3. The van der Waals surface area contributed by atoms with E-state index in [0.717, 1.165) is 24.5 Å². The van der Waals surface area contributed by atoms with Crippen molar-refractivity contribution in [1.29, 1.82) is 0 Å². The Labute approximate surface area is 201 Å². The van der Waals surface area contributed by atoms with Gasteiger partial charge in [0.05, 0.1) is 11.3 Å². The molecule has 0 unspecified atom stereocenters. The quantitative estimate of drug-likeness (QED) is 0.223. The zero-order chi connectivity index (χ0) is 24.2. The molecule has 0 radical (unpaired) electrons. The maximum absolute atomic E-state index is 12.5. The number of rotatable bonds is 7. The van der Waals surface area contributed by atoms with Crippen LogP contribution in [0.1, 0.15) is 24.0 Å². The Morgan fingerprint density at radius 1 is 1.09 bits per heavy atom. The summed E-state index contributed by atoms with van der Waals surface area (Å²) in [5.74, 6) is -0.185. The summed E-state index contributed by atoms with van der Waals surface area (Å²) in [5.41, 5.74) is 15.5. The Kier molecular flexibility index (Phi) is 6.60. The summed E-state index contributed by atoms with van der Waals surface area (Å²) in [6.45, 7) is 1.98. The molecule has 10 heteroatoms. The SMILES string of the molecule is Cc1ccc(NC(=O)Nc2cccc(-c3[nH]c(NC4CC4)nc(=S)c3/C(N)=C/C(N)=O)c2)cc1. The van der Waals surface area contributed by atoms with E-state index in [9.17, 15) is 9.59 Å². The molecule has 2 aromatic carbocycles. The molecule has 0 aliphatic heterocycles. The Balaban J connectivity index is 1.66. The van der Waals surface area contributed by atoms with Crippen LogP contribution in [0.25, 0.3) is 17.0 Å². The molecule has 174 valence electrons. The molecule has 8 N–H and O–H groups in total. The molecule has 1 saturated carbocycles. The number of aryl methyl sites for hydroxylation is 1. The highest BCUT2D eigenvalue weighted by molar-refractivity contribution is 7.71. The van der Waals surface area contributed by atoms with Crippen LogP contribution in [-0.4, -0.2) is 27.9 Å². The molecule has 1 aromatic heterocycles. The van der Waals surface area contributed by atoms with Crippen LogP contribution in [0.5, 0.6) is 0 Å². The van der Waals surface area contributed by atoms with Gasteiger partial charge >= 0.3 is 6.03 Å². The molecule has 3 aromatic rings. The molecule has 4 rings (SSSR count). The van der Waals surface area contributed by atoms with Gasteiger partial charge in [0.2, 0.25) is 11.9 Å². The molecular formula is C24H25N7O2S. The molecule has 0 bridgehead atoms. The summed E-state index contributed by atoms with van der Waals surface area (Å²) >= 11 is 5.49. The summed E-state index contributed by atoms with van der Waals surface area (Å²) in [5, 5.41) is 8.91. The minimum atomic E-state index is -0.693. The van der Waals surface area contributed by atoms with Crippen LogP contribution in [0.3, 0.4) is 0 Å². The number of aromatic nitrogens is 2. The predicted octanol–water partition coefficient (Wildman–Crippen LogP) is 4.12. The second-order valence-corrected chi connectivity index (χ2v) is 8.47. The lowest BCUT2D eigenvalue weighted by atomic mass is 10.0. The summed E-state index contributed by atoms with van der Waals surface area (Å²) in [6, 6.07) is 14.6. The smallest absolute Gasteiger partial charge is 0.323 e. The van der Waals surface area contributed by atoms with Gasteiger partial charge in [-0.2, -0.15) is 0 Å². The molecule has 0 atom stereocenters. The van der Waals surface area contributed by atoms with Gasteiger partial charge in [-0.05, 0) is 44.0 Å². The predicted molar refractivity (Wildman–Crippen MR) is 137 cm³/mol. The van der Waals surface area contributed by atoms with Gasteiger partial charge in [0.25, 0.3) is 0 Å². The molecule has 1 aliphatic rings. The Morgan fingerprint density at radius 2 is 1.79 bits per heavy atom. The molecule has 0 spiro atoms. The first-order chi connectivity index (χ1) is 16.3. The number of anilines is 3. The van der Waals surface area contributed by atoms with Crippen LogP contribution in [0.15, 0.2) is 54.6 Å². The summed E-state index contributed by atoms with van der Waals surface area (Å²) < 4.78 is 0.224. The van der Waals surface area contributed by atoms with Crippen molar-refractivity contribution in [2.24, 2.45) is 11.5 Å². The average Bonchev–Trinajstić information content (AvgIpc) is 3.58. The number of hydrogen-bond donors (Lipinski definition) is 6. The highest BCUT2D eigenvalue weighted by Crippen LogP contribution is 2.30. The van der Waals surface area contributed by atoms with Crippen molar-refractivity contribution in [1.82, 2.24) is 9.97 Å². The standard InChI is InChI=1S/C24H25N7O2S/c1-13-5-7-16(8-6-13)28-24(33)29-17-4-2-3-14(11-17)21-20(18(25)12-19(26)32)22(34)31-23(30-21)27-15-9-10-15/h2-8,11-12,15H,9-10,25H2,1H3,(H2,26,32)(H2,28,29,33)(H2,27,30,31,34)/b18-12-. The van der Waals surface area contributed by atoms with Crippen molar-refractivity contribution < 1.29 is 9.59 Å². The van der Waals surface area contributed by atoms with E-state index >= 15 is 0 Å². The largest absolute Gasteiger partial charge is 0.398 e. The number of carbonyl (C=O) groups is 2. The Hall–Kier alpha value is -4.18. The number of nitrogens with zero attached hydrogens (tertiary/aromatic N) is 1. The van der Waals surface area contributed by atoms with Crippen molar-refractivity contribution in [3.05, 3.63) is 70.4 Å². The lowest BCUT2D eigenvalue weighted by Crippen LogP contribution is -2.19. The number of H-pyrrole nitrogens is 1. The molecule has 1 fully saturated rings. The van der Waals surface area contributed by atoms with E-state index in [2.05, 4.69) is 25.9 Å². The summed E-state index contributed by atoms with van der Waals surface area (Å²) in [6.07, 6.45) is 3.21. The van der Waals surface area contributed by atoms with Crippen LogP contribution >= 0.6 is 12.2 Å². The lowest BCUT2D eigenvalue weighted by Gasteiger charge is -2.15. The third kappa shape index (κ3) is 5.78. The second-order valence-electron chi connectivity index (χ2n) is 8.09. The fourth-order valence-corrected chi connectivity index (χ4v) is 3.67. The molecule has 1 aliphatic carbocycles. The first-order valence-electron chi connectivity index (χ1n) is 10.7. The van der Waals surface area contributed by atoms with Crippen LogP contribution in [0, 0.1) is 11.6 Å². The van der Waals surface area contributed by atoms with E-state index < -0.39 is 5.91 Å². The molecule has 9 nitrogen and oxygen atoms in total. The number of urea groups is 1. The maximum Gasteiger partial charge on any atom is 0.323 e. The number of carbonyl (C=O) groups excluding carboxylic acids is 2. The molecule has 0 saturated heterocycles. The van der Waals surface area contributed by atoms with Gasteiger partial charge in [-0.15, -0.1) is 0 Å². The topological polar surface area (TPSA) is 151 Å². The zero-order valence-corrected chi connectivity index (χ0v) is 19.3. The average molecular weight is 476 g/mol. The van der Waals surface area contributed by atoms with E-state index in [1.165, 1.54) is 0 Å². The summed E-state index contributed by atoms with van der Waals surface area (Å²) in [4.78, 5) is 31.6. The number of hydrogen-bond acceptors (Lipinski definition) is 6. The number of primary amides is 1. The van der Waals surface area contributed by atoms with E-state index in [0.29, 0.717) is 40.2 Å². The minimum absolute atomic E-state index is 0.102. The third-order valence-corrected chi connectivity index (χ3v) is 5.44. The van der Waals surface area contributed by atoms with Gasteiger partial charge in [-0.25, -0.2) is 9.78 Å². The van der Waals surface area contributed by atoms with Gasteiger partial charge in [0.1, 0.15) is 4.64 Å². The summed E-state index contributed by atoms with van der Waals surface area (Å²) in [7, 11) is 0. The second kappa shape index (κ2) is 9.75. The van der Waals surface area contributed by atoms with Crippen LogP contribution in [0.4, 0.5) is 22.1 Å². The van der Waals surface area contributed by atoms with Gasteiger partial charge in [-0.1, -0.05) is 42.0 Å². The number of nitrogens with one attached hydrogen (secondary N) is 4. The molecule has 3 amide bonds. The Morgan fingerprint density at radius 3 is 2.47 bits per heavy atom. The molecule has 1 heterocycles. The van der Waals surface area contributed by atoms with Crippen molar-refractivity contribution >= 4 is 47.2 Å². The van der Waals surface area contributed by atoms with Crippen molar-refractivity contribution in [2.75, 3.05) is 16.0 Å². The van der Waals surface area contributed by atoms with E-state index in [4.69, 9.17) is 23.7 Å². The minimum Gasteiger partial charge on any atom is -0.398 e. The first kappa shape index (κ1) is 23.0. The fraction of sp³-hybridized carbons (Fsp3) is 0.167. The lowest BCUT2D eigenvalue weighted by molar-refractivity contribution is -0.113. The van der Waals surface area contributed by atoms with Crippen molar-refractivity contribution in [3.63, 3.8) is 0 Å². The molecular weight excluding hydrogens is 450 g/mol. The van der Waals surface area contributed by atoms with Gasteiger partial charge in [0.15, 0.2) is 0 Å². The number of amides is 3. The van der Waals surface area contributed by atoms with Crippen LogP contribution in [-0.2, 0) is 4.79 Å². The van der Waals surface area contributed by atoms with Crippen LogP contribution in [0.2, 0.25) is 0 Å². The molecule has 34 heavy (non-hydrogen) atoms. The third-order valence-electron chi connectivity index (χ3n) is 5.14. The van der Waals surface area contributed by atoms with Gasteiger partial charge < -0.3 is 32.4 Å². The van der Waals surface area contributed by atoms with E-state index in [1.54, 1.807) is 18.2 Å². The van der Waals surface area contributed by atoms with Crippen molar-refractivity contribution in [3.8, 4) is 11.3 Å². The fourth-order valence-electron chi connectivity index (χ4n) is 3.36. The maximum atomic E-state index is 12.5. The highest BCUT2D eigenvalue weighted by atomic mass is 32.1. The first-order valence-corrected chi connectivity index (χ1v) is 11.1. The van der Waals surface area contributed by atoms with E-state index in [1.807, 2.05) is 37.3 Å². The van der Waals surface area contributed by atoms with Gasteiger partial charge in [0, 0.05) is 34.8 Å². The zero-order valence-electron chi connectivity index (χ0n) is 18.5. The van der Waals surface area contributed by atoms with Crippen molar-refractivity contribution in [2.45, 2.75) is 25.8 Å². The highest BCUT2D eigenvalue weighted by Gasteiger charge is 2.23. The number of benzene rings is 2. The monoisotopic (exact) mass is 475 g/mol. The van der Waals surface area contributed by atoms with Gasteiger partial charge in [-0.3, -0.25) is 4.79 Å². The number of aromatic amines is 1. The number of nitrogens with two attached hydrogens (primary N) is 2.